The predicted octanol–water partition coefficient (Wildman–Crippen LogP) is 5.09. The number of carbonyl (C=O) groups is 1. The van der Waals surface area contributed by atoms with Gasteiger partial charge in [-0.15, -0.1) is 0 Å². The molecular weight excluding hydrogens is 598 g/mol. The Labute approximate surface area is 242 Å². The molecule has 2 aromatic carbocycles. The molecule has 5 aromatic rings. The smallest absolute Gasteiger partial charge is 0.246 e. The summed E-state index contributed by atoms with van der Waals surface area (Å²) in [6.45, 7) is 5.91. The van der Waals surface area contributed by atoms with Crippen LogP contribution < -0.4 is 15.0 Å². The second-order valence-corrected chi connectivity index (χ2v) is 10.4. The van der Waals surface area contributed by atoms with Crippen molar-refractivity contribution in [2.75, 3.05) is 36.4 Å². The molecule has 13 heteroatoms. The summed E-state index contributed by atoms with van der Waals surface area (Å²) in [6, 6.07) is 9.27. The third-order valence-corrected chi connectivity index (χ3v) is 7.55. The fourth-order valence-corrected chi connectivity index (χ4v) is 5.11. The summed E-state index contributed by atoms with van der Waals surface area (Å²) in [5.41, 5.74) is 3.59. The maximum absolute atomic E-state index is 11.9. The molecule has 40 heavy (non-hydrogen) atoms. The molecule has 6 rings (SSSR count). The molecule has 0 unspecified atom stereocenters. The van der Waals surface area contributed by atoms with Gasteiger partial charge in [-0.05, 0) is 40.2 Å². The Morgan fingerprint density at radius 2 is 1.93 bits per heavy atom. The van der Waals surface area contributed by atoms with Gasteiger partial charge in [-0.25, -0.2) is 24.9 Å². The Morgan fingerprint density at radius 1 is 1.10 bits per heavy atom. The molecule has 11 nitrogen and oxygen atoms in total. The zero-order valence-corrected chi connectivity index (χ0v) is 23.7. The molecule has 3 aromatic heterocycles. The van der Waals surface area contributed by atoms with Crippen molar-refractivity contribution in [3.8, 4) is 11.5 Å². The summed E-state index contributed by atoms with van der Waals surface area (Å²) in [4.78, 5) is 38.1. The Kier molecular flexibility index (Phi) is 6.95. The standard InChI is InChI=1S/C27H23BrClN9O2/c1-3-24(39)37-6-8-38(9-7-37)27-30-13-21-25(35-27)26(32-14-31-21)34-19-11-17(28)23(12-18(19)29)40-16-4-5-22-20(10-16)33-15-36(22)2/h3-5,10-15H,1,6-9H2,2H3,(H,31,32,34). The number of carbonyl (C=O) groups excluding carboxylic acids is 1. The molecule has 1 aliphatic rings. The minimum atomic E-state index is -0.0762. The lowest BCUT2D eigenvalue weighted by molar-refractivity contribution is -0.126. The van der Waals surface area contributed by atoms with Crippen molar-refractivity contribution in [3.05, 3.63) is 71.3 Å². The molecule has 0 atom stereocenters. The Morgan fingerprint density at radius 3 is 2.73 bits per heavy atom. The molecule has 4 heterocycles. The molecule has 202 valence electrons. The minimum absolute atomic E-state index is 0.0762. The highest BCUT2D eigenvalue weighted by atomic mass is 79.9. The third kappa shape index (κ3) is 5.03. The summed E-state index contributed by atoms with van der Waals surface area (Å²) < 4.78 is 8.75. The van der Waals surface area contributed by atoms with E-state index >= 15 is 0 Å². The van der Waals surface area contributed by atoms with E-state index in [4.69, 9.17) is 21.3 Å². The molecule has 1 amide bonds. The van der Waals surface area contributed by atoms with Crippen molar-refractivity contribution in [3.63, 3.8) is 0 Å². The molecular formula is C27H23BrClN9O2. The summed E-state index contributed by atoms with van der Waals surface area (Å²) in [6.07, 6.45) is 6.21. The molecule has 0 aliphatic carbocycles. The van der Waals surface area contributed by atoms with Crippen LogP contribution in [0.1, 0.15) is 0 Å². The van der Waals surface area contributed by atoms with Crippen LogP contribution in [0.3, 0.4) is 0 Å². The SMILES string of the molecule is C=CC(=O)N1CCN(c2ncc3ncnc(Nc4cc(Br)c(Oc5ccc6c(c5)ncn6C)cc4Cl)c3n2)CC1. The van der Waals surface area contributed by atoms with E-state index in [0.29, 0.717) is 75.7 Å². The third-order valence-electron chi connectivity index (χ3n) is 6.61. The lowest BCUT2D eigenvalue weighted by Crippen LogP contribution is -2.48. The molecule has 1 saturated heterocycles. The van der Waals surface area contributed by atoms with Gasteiger partial charge in [0, 0.05) is 45.4 Å². The highest BCUT2D eigenvalue weighted by molar-refractivity contribution is 9.10. The number of rotatable bonds is 6. The Hall–Kier alpha value is -4.29. The first-order valence-electron chi connectivity index (χ1n) is 12.4. The van der Waals surface area contributed by atoms with Gasteiger partial charge in [-0.1, -0.05) is 18.2 Å². The van der Waals surface area contributed by atoms with Gasteiger partial charge in [-0.3, -0.25) is 4.79 Å². The number of piperazine rings is 1. The average Bonchev–Trinajstić information content (AvgIpc) is 3.35. The summed E-state index contributed by atoms with van der Waals surface area (Å²) in [7, 11) is 1.94. The molecule has 1 aliphatic heterocycles. The maximum Gasteiger partial charge on any atom is 0.246 e. The summed E-state index contributed by atoms with van der Waals surface area (Å²) >= 11 is 10.3. The van der Waals surface area contributed by atoms with Gasteiger partial charge >= 0.3 is 0 Å². The van der Waals surface area contributed by atoms with Gasteiger partial charge in [0.2, 0.25) is 11.9 Å². The number of benzene rings is 2. The van der Waals surface area contributed by atoms with Crippen LogP contribution in [0.25, 0.3) is 22.1 Å². The van der Waals surface area contributed by atoms with Crippen molar-refractivity contribution < 1.29 is 9.53 Å². The number of imidazole rings is 1. The van der Waals surface area contributed by atoms with E-state index in [0.717, 1.165) is 11.0 Å². The van der Waals surface area contributed by atoms with Crippen molar-refractivity contribution in [2.45, 2.75) is 0 Å². The fourth-order valence-electron chi connectivity index (χ4n) is 4.48. The van der Waals surface area contributed by atoms with E-state index < -0.39 is 0 Å². The van der Waals surface area contributed by atoms with E-state index in [1.165, 1.54) is 12.4 Å². The highest BCUT2D eigenvalue weighted by Crippen LogP contribution is 2.39. The first-order valence-corrected chi connectivity index (χ1v) is 13.6. The number of amides is 1. The number of nitrogens with one attached hydrogen (secondary N) is 1. The number of aromatic nitrogens is 6. The van der Waals surface area contributed by atoms with Crippen molar-refractivity contribution in [1.29, 1.82) is 0 Å². The van der Waals surface area contributed by atoms with Crippen LogP contribution in [0.15, 0.2) is 66.3 Å². The number of hydrogen-bond acceptors (Lipinski definition) is 9. The molecule has 1 N–H and O–H groups in total. The van der Waals surface area contributed by atoms with Crippen LogP contribution in [0.2, 0.25) is 5.02 Å². The number of aryl methyl sites for hydroxylation is 1. The number of halogens is 2. The monoisotopic (exact) mass is 619 g/mol. The van der Waals surface area contributed by atoms with E-state index in [1.54, 1.807) is 23.5 Å². The van der Waals surface area contributed by atoms with Gasteiger partial charge in [0.25, 0.3) is 0 Å². The molecule has 1 fully saturated rings. The minimum Gasteiger partial charge on any atom is -0.456 e. The number of hydrogen-bond donors (Lipinski definition) is 1. The fraction of sp³-hybridized carbons (Fsp3) is 0.185. The zero-order valence-electron chi connectivity index (χ0n) is 21.4. The van der Waals surface area contributed by atoms with E-state index in [9.17, 15) is 4.79 Å². The normalized spacial score (nSPS) is 13.6. The quantitative estimate of drug-likeness (QED) is 0.259. The van der Waals surface area contributed by atoms with Crippen molar-refractivity contribution >= 4 is 73.0 Å². The van der Waals surface area contributed by atoms with Crippen LogP contribution >= 0.6 is 27.5 Å². The van der Waals surface area contributed by atoms with Crippen molar-refractivity contribution in [2.24, 2.45) is 7.05 Å². The predicted molar refractivity (Wildman–Crippen MR) is 157 cm³/mol. The molecule has 0 spiro atoms. The van der Waals surface area contributed by atoms with Gasteiger partial charge in [0.05, 0.1) is 38.7 Å². The number of fused-ring (bicyclic) bond motifs is 2. The lowest BCUT2D eigenvalue weighted by atomic mass is 10.2. The van der Waals surface area contributed by atoms with Crippen LogP contribution in [-0.4, -0.2) is 66.5 Å². The van der Waals surface area contributed by atoms with Gasteiger partial charge in [-0.2, -0.15) is 0 Å². The summed E-state index contributed by atoms with van der Waals surface area (Å²) in [5, 5.41) is 3.71. The number of ether oxygens (including phenoxy) is 1. The Bertz CT molecular complexity index is 1770. The van der Waals surface area contributed by atoms with Crippen LogP contribution in [0.5, 0.6) is 11.5 Å². The highest BCUT2D eigenvalue weighted by Gasteiger charge is 2.22. The topological polar surface area (TPSA) is 114 Å². The van der Waals surface area contributed by atoms with E-state index in [1.807, 2.05) is 40.8 Å². The van der Waals surface area contributed by atoms with E-state index in [2.05, 4.69) is 47.8 Å². The second kappa shape index (κ2) is 10.7. The van der Waals surface area contributed by atoms with Gasteiger partial charge in [0.1, 0.15) is 28.9 Å². The second-order valence-electron chi connectivity index (χ2n) is 9.14. The van der Waals surface area contributed by atoms with Gasteiger partial charge in [0.15, 0.2) is 5.82 Å². The van der Waals surface area contributed by atoms with Crippen LogP contribution in [0, 0.1) is 0 Å². The van der Waals surface area contributed by atoms with E-state index in [-0.39, 0.29) is 5.91 Å². The molecule has 0 bridgehead atoms. The van der Waals surface area contributed by atoms with Crippen LogP contribution in [-0.2, 0) is 11.8 Å². The summed E-state index contributed by atoms with van der Waals surface area (Å²) in [5.74, 6) is 2.14. The largest absolute Gasteiger partial charge is 0.456 e. The average molecular weight is 621 g/mol. The number of anilines is 3. The number of nitrogens with zero attached hydrogens (tertiary/aromatic N) is 8. The van der Waals surface area contributed by atoms with Gasteiger partial charge < -0.3 is 24.4 Å². The zero-order chi connectivity index (χ0) is 27.8. The Balaban J connectivity index is 1.24. The van der Waals surface area contributed by atoms with Crippen LogP contribution in [0.4, 0.5) is 17.5 Å². The lowest BCUT2D eigenvalue weighted by Gasteiger charge is -2.34. The molecule has 0 saturated carbocycles. The maximum atomic E-state index is 11.9. The van der Waals surface area contributed by atoms with Crippen molar-refractivity contribution in [1.82, 2.24) is 34.4 Å². The molecule has 0 radical (unpaired) electrons. The first-order chi connectivity index (χ1) is 19.4. The first kappa shape index (κ1) is 26.0.